The van der Waals surface area contributed by atoms with E-state index in [0.717, 1.165) is 22.2 Å². The van der Waals surface area contributed by atoms with E-state index in [9.17, 15) is 0 Å². The lowest BCUT2D eigenvalue weighted by Gasteiger charge is -2.24. The van der Waals surface area contributed by atoms with E-state index in [1.807, 2.05) is 0 Å². The fourth-order valence-corrected chi connectivity index (χ4v) is 11.4. The fourth-order valence-electron chi connectivity index (χ4n) is 7.64. The third-order valence-electron chi connectivity index (χ3n) is 10.00. The van der Waals surface area contributed by atoms with Gasteiger partial charge in [0.2, 0.25) is 0 Å². The van der Waals surface area contributed by atoms with Crippen LogP contribution in [-0.4, -0.2) is 9.38 Å². The van der Waals surface area contributed by atoms with Crippen molar-refractivity contribution in [1.82, 2.24) is 9.38 Å². The van der Waals surface area contributed by atoms with Crippen molar-refractivity contribution in [2.75, 3.05) is 0 Å². The Kier molecular flexibility index (Phi) is 6.36. The maximum absolute atomic E-state index is 6.64. The Morgan fingerprint density at radius 2 is 1.04 bits per heavy atom. The van der Waals surface area contributed by atoms with Crippen LogP contribution in [0, 0.1) is 0 Å². The molecule has 4 heteroatoms. The predicted molar refractivity (Wildman–Crippen MR) is 214 cm³/mol. The minimum absolute atomic E-state index is 0.991. The number of rotatable bonds is 4. The zero-order chi connectivity index (χ0) is 32.5. The number of para-hydroxylation sites is 2. The van der Waals surface area contributed by atoms with Crippen LogP contribution in [0.15, 0.2) is 176 Å². The SMILES string of the molecule is S=P(c1ccccc1)(c1ccccc1)c1ccc2cc(-c3ccc4c5c6ccccc6ccc5c5nc6ccccc6n5c4c3)ccc2c1. The summed E-state index contributed by atoms with van der Waals surface area (Å²) in [4.78, 5) is 5.17. The monoisotopic (exact) mass is 660 g/mol. The van der Waals surface area contributed by atoms with Gasteiger partial charge >= 0.3 is 0 Å². The van der Waals surface area contributed by atoms with Crippen LogP contribution in [0.5, 0.6) is 0 Å². The second-order valence-corrected chi connectivity index (χ2v) is 17.1. The van der Waals surface area contributed by atoms with Crippen LogP contribution in [-0.2, 0) is 11.8 Å². The predicted octanol–water partition coefficient (Wildman–Crippen LogP) is 10.5. The molecule has 0 radical (unpaired) electrons. The highest BCUT2D eigenvalue weighted by Crippen LogP contribution is 2.44. The molecule has 0 aliphatic carbocycles. The van der Waals surface area contributed by atoms with Gasteiger partial charge < -0.3 is 0 Å². The van der Waals surface area contributed by atoms with Gasteiger partial charge in [0.05, 0.1) is 16.6 Å². The van der Waals surface area contributed by atoms with Crippen LogP contribution in [0.3, 0.4) is 0 Å². The quantitative estimate of drug-likeness (QED) is 0.138. The van der Waals surface area contributed by atoms with E-state index in [0.29, 0.717) is 0 Å². The maximum atomic E-state index is 6.64. The van der Waals surface area contributed by atoms with Gasteiger partial charge in [0.1, 0.15) is 5.65 Å². The molecule has 10 rings (SSSR count). The summed E-state index contributed by atoms with van der Waals surface area (Å²) in [5.74, 6) is 0. The number of hydrogen-bond donors (Lipinski definition) is 0. The Morgan fingerprint density at radius 1 is 0.429 bits per heavy atom. The molecular formula is C45H29N2PS. The topological polar surface area (TPSA) is 17.3 Å². The van der Waals surface area contributed by atoms with Crippen molar-refractivity contribution in [2.24, 2.45) is 0 Å². The average molecular weight is 661 g/mol. The Bertz CT molecular complexity index is 2920. The summed E-state index contributed by atoms with van der Waals surface area (Å²) in [5.41, 5.74) is 6.63. The summed E-state index contributed by atoms with van der Waals surface area (Å²) in [7, 11) is 0. The van der Waals surface area contributed by atoms with Crippen molar-refractivity contribution in [3.63, 3.8) is 0 Å². The lowest BCUT2D eigenvalue weighted by atomic mass is 9.96. The van der Waals surface area contributed by atoms with E-state index < -0.39 is 6.04 Å². The van der Waals surface area contributed by atoms with Gasteiger partial charge in [0.25, 0.3) is 0 Å². The van der Waals surface area contributed by atoms with Gasteiger partial charge in [0.15, 0.2) is 0 Å². The standard InChI is InChI=1S/C45H29N2PS/c49-48(35-12-3-1-4-13-35,36-14-5-2-6-15-36)37-24-21-32-27-31(19-20-33(32)28-37)34-23-25-39-43(29-34)47-42-18-10-9-17-41(42)46-45(47)40-26-22-30-11-7-8-16-38(30)44(39)40/h1-29H. The summed E-state index contributed by atoms with van der Waals surface area (Å²) in [6, 6.07) is 61.2. The molecule has 230 valence electrons. The Hall–Kier alpha value is -5.60. The summed E-state index contributed by atoms with van der Waals surface area (Å²) in [6.07, 6.45) is 0. The highest BCUT2D eigenvalue weighted by atomic mass is 32.4. The molecule has 0 aliphatic rings. The van der Waals surface area contributed by atoms with E-state index in [-0.39, 0.29) is 0 Å². The minimum Gasteiger partial charge on any atom is -0.292 e. The first-order chi connectivity index (χ1) is 24.2. The number of pyridine rings is 1. The number of nitrogens with zero attached hydrogens (tertiary/aromatic N) is 2. The molecule has 0 atom stereocenters. The van der Waals surface area contributed by atoms with Crippen LogP contribution in [0.2, 0.25) is 0 Å². The van der Waals surface area contributed by atoms with Crippen molar-refractivity contribution in [1.29, 1.82) is 0 Å². The van der Waals surface area contributed by atoms with Crippen molar-refractivity contribution in [3.05, 3.63) is 176 Å². The molecule has 10 aromatic rings. The molecule has 0 aliphatic heterocycles. The van der Waals surface area contributed by atoms with Crippen LogP contribution in [0.1, 0.15) is 0 Å². The van der Waals surface area contributed by atoms with Crippen molar-refractivity contribution in [2.45, 2.75) is 0 Å². The van der Waals surface area contributed by atoms with Crippen LogP contribution in [0.25, 0.3) is 71.0 Å². The fraction of sp³-hybridized carbons (Fsp3) is 0. The Balaban J connectivity index is 1.17. The van der Waals surface area contributed by atoms with Crippen molar-refractivity contribution in [3.8, 4) is 11.1 Å². The highest BCUT2D eigenvalue weighted by molar-refractivity contribution is 8.25. The molecule has 2 heterocycles. The summed E-state index contributed by atoms with van der Waals surface area (Å²) in [5, 5.41) is 12.2. The van der Waals surface area contributed by atoms with Gasteiger partial charge in [-0.3, -0.25) is 4.40 Å². The lowest BCUT2D eigenvalue weighted by Crippen LogP contribution is -2.24. The van der Waals surface area contributed by atoms with Crippen LogP contribution in [0.4, 0.5) is 0 Å². The van der Waals surface area contributed by atoms with Crippen molar-refractivity contribution < 1.29 is 0 Å². The van der Waals surface area contributed by atoms with Crippen LogP contribution < -0.4 is 15.9 Å². The first-order valence-electron chi connectivity index (χ1n) is 16.6. The first kappa shape index (κ1) is 28.4. The number of imidazole rings is 1. The number of aromatic nitrogens is 2. The minimum atomic E-state index is -2.23. The molecule has 0 bridgehead atoms. The molecular weight excluding hydrogens is 632 g/mol. The smallest absolute Gasteiger partial charge is 0.146 e. The number of fused-ring (bicyclic) bond motifs is 11. The average Bonchev–Trinajstić information content (AvgIpc) is 3.58. The van der Waals surface area contributed by atoms with E-state index >= 15 is 0 Å². The van der Waals surface area contributed by atoms with Crippen LogP contribution >= 0.6 is 6.04 Å². The molecule has 0 fully saturated rings. The molecule has 0 amide bonds. The van der Waals surface area contributed by atoms with Gasteiger partial charge in [-0.05, 0) is 85.0 Å². The zero-order valence-electron chi connectivity index (χ0n) is 26.5. The normalized spacial score (nSPS) is 12.2. The first-order valence-corrected chi connectivity index (χ1v) is 19.4. The third kappa shape index (κ3) is 4.33. The van der Waals surface area contributed by atoms with Gasteiger partial charge in [0, 0.05) is 22.2 Å². The lowest BCUT2D eigenvalue weighted by molar-refractivity contribution is 1.32. The number of hydrogen-bond acceptors (Lipinski definition) is 2. The Labute approximate surface area is 288 Å². The van der Waals surface area contributed by atoms with Gasteiger partial charge in [-0.1, -0.05) is 151 Å². The second kappa shape index (κ2) is 11.0. The van der Waals surface area contributed by atoms with Gasteiger partial charge in [-0.15, -0.1) is 0 Å². The van der Waals surface area contributed by atoms with E-state index in [1.165, 1.54) is 64.7 Å². The molecule has 0 saturated carbocycles. The molecule has 0 unspecified atom stereocenters. The van der Waals surface area contributed by atoms with E-state index in [1.54, 1.807) is 0 Å². The van der Waals surface area contributed by atoms with E-state index in [4.69, 9.17) is 16.8 Å². The molecule has 0 N–H and O–H groups in total. The largest absolute Gasteiger partial charge is 0.292 e. The Morgan fingerprint density at radius 3 is 1.86 bits per heavy atom. The zero-order valence-corrected chi connectivity index (χ0v) is 28.2. The molecule has 0 spiro atoms. The molecule has 2 nitrogen and oxygen atoms in total. The summed E-state index contributed by atoms with van der Waals surface area (Å²) < 4.78 is 2.35. The maximum Gasteiger partial charge on any atom is 0.146 e. The second-order valence-electron chi connectivity index (χ2n) is 12.7. The van der Waals surface area contributed by atoms with Gasteiger partial charge in [-0.2, -0.15) is 0 Å². The van der Waals surface area contributed by atoms with E-state index in [2.05, 4.69) is 180 Å². The highest BCUT2D eigenvalue weighted by Gasteiger charge is 2.25. The molecule has 0 saturated heterocycles. The van der Waals surface area contributed by atoms with Crippen molar-refractivity contribution >= 4 is 93.7 Å². The molecule has 2 aromatic heterocycles. The molecule has 49 heavy (non-hydrogen) atoms. The summed E-state index contributed by atoms with van der Waals surface area (Å²) >= 11 is 6.64. The third-order valence-corrected chi connectivity index (χ3v) is 15.0. The number of benzene rings is 8. The van der Waals surface area contributed by atoms with Gasteiger partial charge in [-0.25, -0.2) is 4.98 Å². The molecule has 8 aromatic carbocycles. The summed E-state index contributed by atoms with van der Waals surface area (Å²) in [6.45, 7) is 0.